The van der Waals surface area contributed by atoms with Gasteiger partial charge >= 0.3 is 5.97 Å². The van der Waals surface area contributed by atoms with Crippen molar-refractivity contribution in [2.24, 2.45) is 5.92 Å². The van der Waals surface area contributed by atoms with Crippen LogP contribution < -0.4 is 0 Å². The number of hydrogen-bond acceptors (Lipinski definition) is 2. The first kappa shape index (κ1) is 11.2. The smallest absolute Gasteiger partial charge is 0.310 e. The number of methoxy groups -OCH3 is 1. The second-order valence-electron chi connectivity index (χ2n) is 2.94. The van der Waals surface area contributed by atoms with E-state index in [2.05, 4.69) is 27.6 Å². The maximum atomic E-state index is 11.2. The molecule has 0 fully saturated rings. The quantitative estimate of drug-likeness (QED) is 0.614. The second-order valence-corrected chi connectivity index (χ2v) is 3.93. The highest BCUT2D eigenvalue weighted by atomic mass is 79.9. The standard InChI is InChI=1S/C11H12BrO2/c1-8(11(13)14-2)10(12)9-6-4-3-5-7-9/h3-8,10H,1H2,2H3. The van der Waals surface area contributed by atoms with Crippen LogP contribution in [0, 0.1) is 12.8 Å². The first-order valence-electron chi connectivity index (χ1n) is 4.26. The molecule has 0 aliphatic rings. The number of halogens is 1. The Morgan fingerprint density at radius 3 is 2.50 bits per heavy atom. The van der Waals surface area contributed by atoms with Gasteiger partial charge in [-0.3, -0.25) is 4.79 Å². The number of carbonyl (C=O) groups is 1. The van der Waals surface area contributed by atoms with Gasteiger partial charge in [0.25, 0.3) is 0 Å². The molecule has 2 unspecified atom stereocenters. The van der Waals surface area contributed by atoms with E-state index in [0.29, 0.717) is 0 Å². The van der Waals surface area contributed by atoms with E-state index in [0.717, 1.165) is 5.56 Å². The Kier molecular flexibility index (Phi) is 4.14. The molecule has 0 aliphatic heterocycles. The Bertz CT molecular complexity index is 297. The number of carbonyl (C=O) groups excluding carboxylic acids is 1. The number of hydrogen-bond donors (Lipinski definition) is 0. The summed E-state index contributed by atoms with van der Waals surface area (Å²) in [5.74, 6) is -0.738. The van der Waals surface area contributed by atoms with E-state index >= 15 is 0 Å². The lowest BCUT2D eigenvalue weighted by atomic mass is 10.0. The maximum absolute atomic E-state index is 11.2. The van der Waals surface area contributed by atoms with Gasteiger partial charge in [-0.2, -0.15) is 0 Å². The lowest BCUT2D eigenvalue weighted by molar-refractivity contribution is -0.143. The van der Waals surface area contributed by atoms with Gasteiger partial charge in [0.1, 0.15) is 0 Å². The van der Waals surface area contributed by atoms with Crippen molar-refractivity contribution in [2.75, 3.05) is 7.11 Å². The Hall–Kier alpha value is -0.830. The fourth-order valence-corrected chi connectivity index (χ4v) is 1.66. The van der Waals surface area contributed by atoms with Crippen molar-refractivity contribution in [3.8, 4) is 0 Å². The Labute approximate surface area is 92.4 Å². The fourth-order valence-electron chi connectivity index (χ4n) is 1.14. The topological polar surface area (TPSA) is 26.3 Å². The van der Waals surface area contributed by atoms with Gasteiger partial charge < -0.3 is 4.74 Å². The first-order chi connectivity index (χ1) is 6.66. The van der Waals surface area contributed by atoms with Crippen LogP contribution in [0.3, 0.4) is 0 Å². The van der Waals surface area contributed by atoms with Crippen LogP contribution >= 0.6 is 15.9 Å². The van der Waals surface area contributed by atoms with Crippen LogP contribution in [-0.4, -0.2) is 13.1 Å². The third-order valence-corrected chi connectivity index (χ3v) is 3.14. The van der Waals surface area contributed by atoms with Crippen molar-refractivity contribution in [3.63, 3.8) is 0 Å². The molecule has 0 spiro atoms. The van der Waals surface area contributed by atoms with E-state index in [4.69, 9.17) is 0 Å². The monoisotopic (exact) mass is 255 g/mol. The fraction of sp³-hybridized carbons (Fsp3) is 0.273. The van der Waals surface area contributed by atoms with Crippen LogP contribution in [0.1, 0.15) is 10.4 Å². The second kappa shape index (κ2) is 5.15. The molecule has 0 aliphatic carbocycles. The molecule has 14 heavy (non-hydrogen) atoms. The summed E-state index contributed by atoms with van der Waals surface area (Å²) in [6.45, 7) is 3.76. The summed E-state index contributed by atoms with van der Waals surface area (Å²) in [4.78, 5) is 11.1. The lowest BCUT2D eigenvalue weighted by Crippen LogP contribution is -2.17. The predicted molar refractivity (Wildman–Crippen MR) is 59.0 cm³/mol. The van der Waals surface area contributed by atoms with Gasteiger partial charge in [-0.05, 0) is 12.5 Å². The van der Waals surface area contributed by atoms with Gasteiger partial charge in [0, 0.05) is 0 Å². The number of esters is 1. The molecule has 0 bridgehead atoms. The highest BCUT2D eigenvalue weighted by Gasteiger charge is 2.23. The zero-order valence-electron chi connectivity index (χ0n) is 7.94. The van der Waals surface area contributed by atoms with Crippen molar-refractivity contribution in [1.29, 1.82) is 0 Å². The van der Waals surface area contributed by atoms with Crippen molar-refractivity contribution >= 4 is 21.9 Å². The van der Waals surface area contributed by atoms with Gasteiger partial charge in [0.05, 0.1) is 17.9 Å². The molecule has 0 aromatic heterocycles. The largest absolute Gasteiger partial charge is 0.469 e. The molecule has 1 rings (SSSR count). The van der Waals surface area contributed by atoms with Crippen molar-refractivity contribution in [3.05, 3.63) is 42.8 Å². The molecule has 0 heterocycles. The Morgan fingerprint density at radius 2 is 2.00 bits per heavy atom. The minimum absolute atomic E-state index is 0.101. The average Bonchev–Trinajstić information content (AvgIpc) is 2.27. The minimum atomic E-state index is -0.428. The first-order valence-corrected chi connectivity index (χ1v) is 5.18. The van der Waals surface area contributed by atoms with Gasteiger partial charge in [-0.15, -0.1) is 0 Å². The Balaban J connectivity index is 2.75. The van der Waals surface area contributed by atoms with Crippen LogP contribution in [0.25, 0.3) is 0 Å². The van der Waals surface area contributed by atoms with E-state index in [9.17, 15) is 4.79 Å². The summed E-state index contributed by atoms with van der Waals surface area (Å²) in [5, 5.41) is 0. The van der Waals surface area contributed by atoms with Crippen LogP contribution in [0.5, 0.6) is 0 Å². The van der Waals surface area contributed by atoms with Crippen LogP contribution in [0.4, 0.5) is 0 Å². The molecule has 1 aromatic carbocycles. The molecule has 2 atom stereocenters. The van der Waals surface area contributed by atoms with E-state index in [1.54, 1.807) is 0 Å². The molecular formula is C11H12BrO2. The summed E-state index contributed by atoms with van der Waals surface area (Å²) in [6, 6.07) is 9.67. The summed E-state index contributed by atoms with van der Waals surface area (Å²) in [5.41, 5.74) is 1.03. The third kappa shape index (κ3) is 2.58. The van der Waals surface area contributed by atoms with Gasteiger partial charge in [0.15, 0.2) is 0 Å². The summed E-state index contributed by atoms with van der Waals surface area (Å²) in [6.07, 6.45) is 0. The third-order valence-electron chi connectivity index (χ3n) is 1.98. The van der Waals surface area contributed by atoms with Gasteiger partial charge in [0.2, 0.25) is 0 Å². The van der Waals surface area contributed by atoms with E-state index < -0.39 is 5.92 Å². The van der Waals surface area contributed by atoms with Crippen molar-refractivity contribution in [1.82, 2.24) is 0 Å². The molecule has 0 saturated carbocycles. The maximum Gasteiger partial charge on any atom is 0.310 e. The zero-order valence-corrected chi connectivity index (χ0v) is 9.53. The predicted octanol–water partition coefficient (Wildman–Crippen LogP) is 2.75. The van der Waals surface area contributed by atoms with Crippen molar-refractivity contribution in [2.45, 2.75) is 4.83 Å². The number of ether oxygens (including phenoxy) is 1. The zero-order chi connectivity index (χ0) is 10.6. The molecule has 1 aromatic rings. The molecule has 75 valence electrons. The molecular weight excluding hydrogens is 244 g/mol. The van der Waals surface area contributed by atoms with Crippen LogP contribution in [0.2, 0.25) is 0 Å². The SMILES string of the molecule is [CH2]C(C(=O)OC)C(Br)c1ccccc1. The number of benzene rings is 1. The van der Waals surface area contributed by atoms with Gasteiger partial charge in [-0.25, -0.2) is 0 Å². The normalized spacial score (nSPS) is 14.5. The highest BCUT2D eigenvalue weighted by molar-refractivity contribution is 9.09. The Morgan fingerprint density at radius 1 is 1.43 bits per heavy atom. The van der Waals surface area contributed by atoms with Gasteiger partial charge in [-0.1, -0.05) is 46.3 Å². The molecule has 2 nitrogen and oxygen atoms in total. The summed E-state index contributed by atoms with van der Waals surface area (Å²) < 4.78 is 4.62. The molecule has 0 saturated heterocycles. The van der Waals surface area contributed by atoms with E-state index in [1.165, 1.54) is 7.11 Å². The number of rotatable bonds is 3. The molecule has 1 radical (unpaired) electrons. The van der Waals surface area contributed by atoms with Crippen molar-refractivity contribution < 1.29 is 9.53 Å². The lowest BCUT2D eigenvalue weighted by Gasteiger charge is -2.15. The molecule has 0 N–H and O–H groups in total. The van der Waals surface area contributed by atoms with E-state index in [-0.39, 0.29) is 10.8 Å². The highest BCUT2D eigenvalue weighted by Crippen LogP contribution is 2.30. The number of alkyl halides is 1. The van der Waals surface area contributed by atoms with Crippen LogP contribution in [0.15, 0.2) is 30.3 Å². The summed E-state index contributed by atoms with van der Waals surface area (Å²) in [7, 11) is 1.37. The average molecular weight is 256 g/mol. The van der Waals surface area contributed by atoms with E-state index in [1.807, 2.05) is 30.3 Å². The summed E-state index contributed by atoms with van der Waals surface area (Å²) >= 11 is 3.43. The molecule has 0 amide bonds. The van der Waals surface area contributed by atoms with Crippen LogP contribution in [-0.2, 0) is 9.53 Å². The minimum Gasteiger partial charge on any atom is -0.469 e. The molecule has 3 heteroatoms.